The van der Waals surface area contributed by atoms with Gasteiger partial charge in [0.2, 0.25) is 0 Å². The average Bonchev–Trinajstić information content (AvgIpc) is 2.73. The summed E-state index contributed by atoms with van der Waals surface area (Å²) < 4.78 is 0. The summed E-state index contributed by atoms with van der Waals surface area (Å²) >= 11 is 1.95. The maximum absolute atomic E-state index is 5.20. The molecule has 1 atom stereocenters. The molecule has 1 aromatic carbocycles. The van der Waals surface area contributed by atoms with Crippen molar-refractivity contribution in [2.45, 2.75) is 38.6 Å². The first-order valence-electron chi connectivity index (χ1n) is 10.2. The first kappa shape index (κ1) is 17.7. The zero-order valence-corrected chi connectivity index (χ0v) is 17.1. The van der Waals surface area contributed by atoms with Crippen molar-refractivity contribution in [3.05, 3.63) is 71.7 Å². The summed E-state index contributed by atoms with van der Waals surface area (Å²) in [7, 11) is 0. The van der Waals surface area contributed by atoms with Gasteiger partial charge in [-0.25, -0.2) is 0 Å². The summed E-state index contributed by atoms with van der Waals surface area (Å²) in [5.74, 6) is 2.03. The van der Waals surface area contributed by atoms with Gasteiger partial charge in [-0.05, 0) is 42.5 Å². The molecule has 2 aliphatic heterocycles. The number of fused-ring (bicyclic) bond motifs is 3. The Morgan fingerprint density at radius 3 is 3.21 bits per heavy atom. The van der Waals surface area contributed by atoms with Gasteiger partial charge >= 0.3 is 0 Å². The topological polar surface area (TPSA) is 28.5 Å². The van der Waals surface area contributed by atoms with Crippen LogP contribution in [0, 0.1) is 0 Å². The zero-order valence-electron chi connectivity index (χ0n) is 16.3. The molecule has 1 saturated heterocycles. The van der Waals surface area contributed by atoms with Crippen LogP contribution in [-0.2, 0) is 6.42 Å². The maximum atomic E-state index is 5.20. The number of benzene rings is 1. The second-order valence-electron chi connectivity index (χ2n) is 7.68. The standard InChI is InChI=1S/C24H25N3S/c1-2-6-20-12-21-18(13-25-20)9-5-10-22(21)26-23-15-28-16-27-14-19-8-4-3-7-17(19)11-24(23)27/h4-5,8-14,24H,2-3,6-7,15-16H2,1H3. The molecule has 0 bridgehead atoms. The van der Waals surface area contributed by atoms with E-state index in [1.54, 1.807) is 0 Å². The van der Waals surface area contributed by atoms with Gasteiger partial charge in [0.15, 0.2) is 0 Å². The Morgan fingerprint density at radius 1 is 1.32 bits per heavy atom. The Kier molecular flexibility index (Phi) is 4.81. The minimum Gasteiger partial charge on any atom is -0.356 e. The highest BCUT2D eigenvalue weighted by Gasteiger charge is 2.29. The molecule has 0 saturated carbocycles. The molecule has 1 aliphatic carbocycles. The smallest absolute Gasteiger partial charge is 0.0875 e. The molecule has 0 amide bonds. The number of rotatable bonds is 3. The van der Waals surface area contributed by atoms with Crippen molar-refractivity contribution in [1.82, 2.24) is 9.88 Å². The van der Waals surface area contributed by atoms with Crippen LogP contribution >= 0.6 is 11.8 Å². The van der Waals surface area contributed by atoms with Crippen molar-refractivity contribution in [3.8, 4) is 0 Å². The fourth-order valence-corrected chi connectivity index (χ4v) is 5.22. The minimum absolute atomic E-state index is 0.290. The Balaban J connectivity index is 1.55. The van der Waals surface area contributed by atoms with Crippen LogP contribution in [0.1, 0.15) is 31.9 Å². The summed E-state index contributed by atoms with van der Waals surface area (Å²) in [6, 6.07) is 8.90. The molecular formula is C24H25N3S. The van der Waals surface area contributed by atoms with Crippen LogP contribution < -0.4 is 0 Å². The summed E-state index contributed by atoms with van der Waals surface area (Å²) in [6.45, 7) is 2.20. The SMILES string of the molecule is CCCc1cc2c(N=C3CSCN4C=C5C=CCCC5=CC34)cccc2cn1. The van der Waals surface area contributed by atoms with E-state index in [2.05, 4.69) is 65.5 Å². The number of hydrogen-bond acceptors (Lipinski definition) is 4. The van der Waals surface area contributed by atoms with Gasteiger partial charge in [0.1, 0.15) is 0 Å². The van der Waals surface area contributed by atoms with Crippen molar-refractivity contribution < 1.29 is 0 Å². The van der Waals surface area contributed by atoms with Crippen LogP contribution in [0.15, 0.2) is 71.0 Å². The highest BCUT2D eigenvalue weighted by molar-refractivity contribution is 8.00. The highest BCUT2D eigenvalue weighted by atomic mass is 32.2. The highest BCUT2D eigenvalue weighted by Crippen LogP contribution is 2.34. The second kappa shape index (κ2) is 7.59. The van der Waals surface area contributed by atoms with Crippen molar-refractivity contribution in [3.63, 3.8) is 0 Å². The first-order valence-corrected chi connectivity index (χ1v) is 11.4. The van der Waals surface area contributed by atoms with E-state index in [9.17, 15) is 0 Å². The molecule has 28 heavy (non-hydrogen) atoms. The molecule has 2 aromatic rings. The quantitative estimate of drug-likeness (QED) is 0.665. The number of allylic oxidation sites excluding steroid dienone is 4. The lowest BCUT2D eigenvalue weighted by atomic mass is 9.90. The van der Waals surface area contributed by atoms with Gasteiger partial charge in [-0.1, -0.05) is 43.7 Å². The number of hydrogen-bond donors (Lipinski definition) is 0. The molecular weight excluding hydrogens is 362 g/mol. The molecule has 1 unspecified atom stereocenters. The third kappa shape index (κ3) is 3.30. The zero-order chi connectivity index (χ0) is 18.9. The lowest BCUT2D eigenvalue weighted by Crippen LogP contribution is -2.43. The molecule has 3 aliphatic rings. The van der Waals surface area contributed by atoms with E-state index in [1.807, 2.05) is 18.0 Å². The predicted octanol–water partition coefficient (Wildman–Crippen LogP) is 5.81. The number of aliphatic imine (C=N–C) groups is 1. The number of nitrogens with zero attached hydrogens (tertiary/aromatic N) is 3. The van der Waals surface area contributed by atoms with Gasteiger partial charge in [-0.15, -0.1) is 11.8 Å². The van der Waals surface area contributed by atoms with Crippen LogP contribution in [0.25, 0.3) is 10.8 Å². The third-order valence-corrected chi connectivity index (χ3v) is 6.65. The lowest BCUT2D eigenvalue weighted by Gasteiger charge is -2.38. The molecule has 1 fully saturated rings. The first-order chi connectivity index (χ1) is 13.8. The van der Waals surface area contributed by atoms with Crippen molar-refractivity contribution in [2.24, 2.45) is 4.99 Å². The van der Waals surface area contributed by atoms with Crippen LogP contribution in [-0.4, -0.2) is 33.3 Å². The molecule has 5 rings (SSSR count). The van der Waals surface area contributed by atoms with E-state index >= 15 is 0 Å². The van der Waals surface area contributed by atoms with Gasteiger partial charge in [0, 0.05) is 34.6 Å². The molecule has 0 spiro atoms. The van der Waals surface area contributed by atoms with E-state index in [0.29, 0.717) is 6.04 Å². The molecule has 142 valence electrons. The van der Waals surface area contributed by atoms with E-state index in [4.69, 9.17) is 4.99 Å². The second-order valence-corrected chi connectivity index (χ2v) is 8.64. The van der Waals surface area contributed by atoms with Crippen molar-refractivity contribution in [2.75, 3.05) is 11.6 Å². The monoisotopic (exact) mass is 387 g/mol. The average molecular weight is 388 g/mol. The van der Waals surface area contributed by atoms with Crippen LogP contribution in [0.2, 0.25) is 0 Å². The fraction of sp³-hybridized carbons (Fsp3) is 0.333. The molecule has 0 N–H and O–H groups in total. The molecule has 4 heteroatoms. The Hall–Kier alpha value is -2.33. The number of pyridine rings is 1. The summed E-state index contributed by atoms with van der Waals surface area (Å²) in [5, 5.41) is 2.39. The van der Waals surface area contributed by atoms with Gasteiger partial charge in [0.25, 0.3) is 0 Å². The van der Waals surface area contributed by atoms with Crippen LogP contribution in [0.3, 0.4) is 0 Å². The van der Waals surface area contributed by atoms with Crippen molar-refractivity contribution in [1.29, 1.82) is 0 Å². The minimum atomic E-state index is 0.290. The Labute approximate surface area is 170 Å². The summed E-state index contributed by atoms with van der Waals surface area (Å²) in [4.78, 5) is 12.3. The third-order valence-electron chi connectivity index (χ3n) is 5.67. The molecule has 0 radical (unpaired) electrons. The molecule has 1 aromatic heterocycles. The van der Waals surface area contributed by atoms with Gasteiger partial charge < -0.3 is 4.90 Å². The van der Waals surface area contributed by atoms with Gasteiger partial charge in [-0.3, -0.25) is 9.98 Å². The van der Waals surface area contributed by atoms with E-state index < -0.39 is 0 Å². The molecule has 3 nitrogen and oxygen atoms in total. The van der Waals surface area contributed by atoms with Crippen LogP contribution in [0.4, 0.5) is 5.69 Å². The van der Waals surface area contributed by atoms with E-state index in [1.165, 1.54) is 27.6 Å². The van der Waals surface area contributed by atoms with Crippen molar-refractivity contribution >= 4 is 33.9 Å². The predicted molar refractivity (Wildman–Crippen MR) is 120 cm³/mol. The maximum Gasteiger partial charge on any atom is 0.0875 e. The Morgan fingerprint density at radius 2 is 2.29 bits per heavy atom. The summed E-state index contributed by atoms with van der Waals surface area (Å²) in [6.07, 6.45) is 15.8. The van der Waals surface area contributed by atoms with E-state index in [0.717, 1.165) is 48.7 Å². The van der Waals surface area contributed by atoms with Gasteiger partial charge in [0.05, 0.1) is 23.3 Å². The van der Waals surface area contributed by atoms with Crippen LogP contribution in [0.5, 0.6) is 0 Å². The Bertz CT molecular complexity index is 1030. The molecule has 3 heterocycles. The largest absolute Gasteiger partial charge is 0.356 e. The van der Waals surface area contributed by atoms with Gasteiger partial charge in [-0.2, -0.15) is 0 Å². The van der Waals surface area contributed by atoms with E-state index in [-0.39, 0.29) is 0 Å². The fourth-order valence-electron chi connectivity index (χ4n) is 4.24. The number of aryl methyl sites for hydroxylation is 1. The normalized spacial score (nSPS) is 22.7. The lowest BCUT2D eigenvalue weighted by molar-refractivity contribution is 0.422. The summed E-state index contributed by atoms with van der Waals surface area (Å²) in [5.41, 5.74) is 6.35. The number of aromatic nitrogens is 1. The number of thioether (sulfide) groups is 1.